The highest BCUT2D eigenvalue weighted by Gasteiger charge is 2.33. The van der Waals surface area contributed by atoms with Gasteiger partial charge in [-0.3, -0.25) is 19.8 Å². The van der Waals surface area contributed by atoms with Crippen LogP contribution < -0.4 is 4.90 Å². The molecule has 1 aromatic carbocycles. The summed E-state index contributed by atoms with van der Waals surface area (Å²) in [5.41, 5.74) is 2.26. The summed E-state index contributed by atoms with van der Waals surface area (Å²) in [6.07, 6.45) is 4.41. The zero-order chi connectivity index (χ0) is 18.1. The highest BCUT2D eigenvalue weighted by atomic mass is 19.2. The molecule has 132 valence electrons. The number of amides is 1. The van der Waals surface area contributed by atoms with Gasteiger partial charge >= 0.3 is 0 Å². The fraction of sp³-hybridized carbons (Fsp3) is 0.211. The lowest BCUT2D eigenvalue weighted by molar-refractivity contribution is -0.120. The average Bonchev–Trinajstić information content (AvgIpc) is 3.27. The number of hydrogen-bond acceptors (Lipinski definition) is 3. The molecule has 0 aliphatic carbocycles. The Morgan fingerprint density at radius 3 is 2.69 bits per heavy atom. The smallest absolute Gasteiger partial charge is 0.231 e. The van der Waals surface area contributed by atoms with E-state index in [4.69, 9.17) is 0 Å². The molecule has 4 rings (SSSR count). The van der Waals surface area contributed by atoms with Crippen LogP contribution in [-0.2, 0) is 11.2 Å². The fourth-order valence-corrected chi connectivity index (χ4v) is 3.24. The predicted octanol–water partition coefficient (Wildman–Crippen LogP) is 3.35. The van der Waals surface area contributed by atoms with E-state index in [-0.39, 0.29) is 11.8 Å². The second-order valence-electron chi connectivity index (χ2n) is 6.30. The number of nitrogens with one attached hydrogen (secondary N) is 1. The molecule has 3 aromatic rings. The van der Waals surface area contributed by atoms with Crippen LogP contribution in [0.1, 0.15) is 12.0 Å². The van der Waals surface area contributed by atoms with Crippen LogP contribution in [0.15, 0.2) is 48.8 Å². The third kappa shape index (κ3) is 3.08. The number of pyridine rings is 1. The summed E-state index contributed by atoms with van der Waals surface area (Å²) < 4.78 is 26.4. The second-order valence-corrected chi connectivity index (χ2v) is 6.30. The standard InChI is InChI=1S/C19H16F2N4O/c20-15-2-1-12(10-16(15)21)9-14-5-8-25(19(14)26)18-11-17(23-24-18)13-3-6-22-7-4-13/h1-4,6-7,10-11,14H,5,8-9H2,(H,23,24). The Morgan fingerprint density at radius 1 is 1.12 bits per heavy atom. The molecule has 26 heavy (non-hydrogen) atoms. The number of halogens is 2. The number of nitrogens with zero attached hydrogens (tertiary/aromatic N) is 3. The van der Waals surface area contributed by atoms with Gasteiger partial charge in [-0.15, -0.1) is 0 Å². The lowest BCUT2D eigenvalue weighted by Gasteiger charge is -2.14. The largest absolute Gasteiger partial charge is 0.297 e. The first-order chi connectivity index (χ1) is 12.6. The highest BCUT2D eigenvalue weighted by molar-refractivity contribution is 5.96. The van der Waals surface area contributed by atoms with Crippen molar-refractivity contribution >= 4 is 11.7 Å². The van der Waals surface area contributed by atoms with Crippen molar-refractivity contribution in [3.05, 3.63) is 66.0 Å². The number of anilines is 1. The first-order valence-electron chi connectivity index (χ1n) is 8.33. The molecule has 3 heterocycles. The zero-order valence-corrected chi connectivity index (χ0v) is 13.8. The van der Waals surface area contributed by atoms with Crippen LogP contribution in [0.3, 0.4) is 0 Å². The molecule has 1 N–H and O–H groups in total. The third-order valence-electron chi connectivity index (χ3n) is 4.61. The number of benzene rings is 1. The molecule has 7 heteroatoms. The molecule has 1 saturated heterocycles. The number of carbonyl (C=O) groups is 1. The van der Waals surface area contributed by atoms with Crippen molar-refractivity contribution in [3.8, 4) is 11.3 Å². The van der Waals surface area contributed by atoms with E-state index in [1.807, 2.05) is 18.2 Å². The summed E-state index contributed by atoms with van der Waals surface area (Å²) in [6.45, 7) is 0.561. The Kier molecular flexibility index (Phi) is 4.20. The van der Waals surface area contributed by atoms with Crippen LogP contribution in [0.2, 0.25) is 0 Å². The maximum atomic E-state index is 13.4. The topological polar surface area (TPSA) is 61.9 Å². The lowest BCUT2D eigenvalue weighted by Crippen LogP contribution is -2.28. The highest BCUT2D eigenvalue weighted by Crippen LogP contribution is 2.29. The van der Waals surface area contributed by atoms with E-state index in [1.54, 1.807) is 17.3 Å². The molecule has 0 saturated carbocycles. The minimum atomic E-state index is -0.889. The van der Waals surface area contributed by atoms with Crippen molar-refractivity contribution in [2.24, 2.45) is 5.92 Å². The number of H-pyrrole nitrogens is 1. The van der Waals surface area contributed by atoms with Gasteiger partial charge in [-0.2, -0.15) is 5.10 Å². The SMILES string of the molecule is O=C1C(Cc2ccc(F)c(F)c2)CCN1c1cc(-c2ccncc2)n[nH]1. The molecule has 5 nitrogen and oxygen atoms in total. The van der Waals surface area contributed by atoms with E-state index >= 15 is 0 Å². The van der Waals surface area contributed by atoms with Crippen molar-refractivity contribution in [1.29, 1.82) is 0 Å². The van der Waals surface area contributed by atoms with Crippen LogP contribution >= 0.6 is 0 Å². The summed E-state index contributed by atoms with van der Waals surface area (Å²) in [6, 6.07) is 9.29. The van der Waals surface area contributed by atoms with Crippen LogP contribution in [0, 0.1) is 17.6 Å². The summed E-state index contributed by atoms with van der Waals surface area (Å²) in [5.74, 6) is -1.43. The maximum absolute atomic E-state index is 13.4. The third-order valence-corrected chi connectivity index (χ3v) is 4.61. The fourth-order valence-electron chi connectivity index (χ4n) is 3.24. The molecule has 0 spiro atoms. The Morgan fingerprint density at radius 2 is 1.92 bits per heavy atom. The van der Waals surface area contributed by atoms with E-state index in [2.05, 4.69) is 15.2 Å². The molecule has 0 bridgehead atoms. The van der Waals surface area contributed by atoms with Crippen molar-refractivity contribution < 1.29 is 13.6 Å². The quantitative estimate of drug-likeness (QED) is 0.782. The Bertz CT molecular complexity index is 942. The van der Waals surface area contributed by atoms with E-state index in [1.165, 1.54) is 6.07 Å². The molecule has 1 amide bonds. The molecule has 1 atom stereocenters. The summed E-state index contributed by atoms with van der Waals surface area (Å²) >= 11 is 0. The zero-order valence-electron chi connectivity index (χ0n) is 13.8. The molecule has 1 fully saturated rings. The summed E-state index contributed by atoms with van der Waals surface area (Å²) in [5, 5.41) is 7.16. The van der Waals surface area contributed by atoms with Crippen LogP contribution in [0.5, 0.6) is 0 Å². The molecule has 1 aliphatic heterocycles. The monoisotopic (exact) mass is 354 g/mol. The number of hydrogen-bond donors (Lipinski definition) is 1. The van der Waals surface area contributed by atoms with Crippen LogP contribution in [0.25, 0.3) is 11.3 Å². The van der Waals surface area contributed by atoms with E-state index in [9.17, 15) is 13.6 Å². The Hall–Kier alpha value is -3.09. The maximum Gasteiger partial charge on any atom is 0.231 e. The van der Waals surface area contributed by atoms with Gasteiger partial charge in [0.15, 0.2) is 11.6 Å². The van der Waals surface area contributed by atoms with Crippen molar-refractivity contribution in [2.75, 3.05) is 11.4 Å². The minimum Gasteiger partial charge on any atom is -0.297 e. The van der Waals surface area contributed by atoms with Gasteiger partial charge < -0.3 is 0 Å². The van der Waals surface area contributed by atoms with Gasteiger partial charge in [0.25, 0.3) is 0 Å². The Balaban J connectivity index is 1.49. The molecular weight excluding hydrogens is 338 g/mol. The van der Waals surface area contributed by atoms with Gasteiger partial charge in [-0.1, -0.05) is 6.07 Å². The molecule has 1 unspecified atom stereocenters. The normalized spacial score (nSPS) is 17.1. The second kappa shape index (κ2) is 6.67. The van der Waals surface area contributed by atoms with Crippen molar-refractivity contribution in [3.63, 3.8) is 0 Å². The molecule has 1 aliphatic rings. The van der Waals surface area contributed by atoms with Gasteiger partial charge in [0.1, 0.15) is 5.82 Å². The number of aromatic amines is 1. The molecular formula is C19H16F2N4O. The van der Waals surface area contributed by atoms with Gasteiger partial charge in [0.05, 0.1) is 5.69 Å². The van der Waals surface area contributed by atoms with Gasteiger partial charge in [0.2, 0.25) is 5.91 Å². The number of carbonyl (C=O) groups excluding carboxylic acids is 1. The molecule has 0 radical (unpaired) electrons. The Labute approximate surface area is 148 Å². The van der Waals surface area contributed by atoms with Crippen LogP contribution in [0.4, 0.5) is 14.6 Å². The van der Waals surface area contributed by atoms with Gasteiger partial charge in [0, 0.05) is 36.5 Å². The average molecular weight is 354 g/mol. The lowest BCUT2D eigenvalue weighted by atomic mass is 9.98. The van der Waals surface area contributed by atoms with E-state index in [0.717, 1.165) is 23.4 Å². The van der Waals surface area contributed by atoms with E-state index in [0.29, 0.717) is 30.8 Å². The predicted molar refractivity (Wildman–Crippen MR) is 92.3 cm³/mol. The van der Waals surface area contributed by atoms with Gasteiger partial charge in [-0.25, -0.2) is 8.78 Å². The van der Waals surface area contributed by atoms with Crippen LogP contribution in [-0.4, -0.2) is 27.6 Å². The minimum absolute atomic E-state index is 0.0420. The van der Waals surface area contributed by atoms with Crippen molar-refractivity contribution in [2.45, 2.75) is 12.8 Å². The molecule has 2 aromatic heterocycles. The summed E-state index contributed by atoms with van der Waals surface area (Å²) in [7, 11) is 0. The van der Waals surface area contributed by atoms with Crippen molar-refractivity contribution in [1.82, 2.24) is 15.2 Å². The van der Waals surface area contributed by atoms with E-state index < -0.39 is 11.6 Å². The number of rotatable bonds is 4. The first-order valence-corrected chi connectivity index (χ1v) is 8.33. The summed E-state index contributed by atoms with van der Waals surface area (Å²) in [4.78, 5) is 18.3. The first kappa shape index (κ1) is 16.4. The van der Waals surface area contributed by atoms with Gasteiger partial charge in [-0.05, 0) is 42.7 Å². The number of aromatic nitrogens is 3.